The van der Waals surface area contributed by atoms with Crippen LogP contribution in [0, 0.1) is 11.8 Å². The second-order valence-electron chi connectivity index (χ2n) is 9.69. The number of likely N-dealkylation sites (tertiary alicyclic amines) is 2. The van der Waals surface area contributed by atoms with Crippen LogP contribution in [0.1, 0.15) is 43.0 Å². The highest BCUT2D eigenvalue weighted by Gasteiger charge is 2.37. The number of nitrogens with one attached hydrogen (secondary N) is 1. The molecule has 33 heavy (non-hydrogen) atoms. The van der Waals surface area contributed by atoms with Crippen molar-refractivity contribution in [1.29, 1.82) is 0 Å². The van der Waals surface area contributed by atoms with Crippen LogP contribution in [0.4, 0.5) is 0 Å². The number of carbonyl (C=O) groups excluding carboxylic acids is 2. The van der Waals surface area contributed by atoms with Crippen molar-refractivity contribution in [3.05, 3.63) is 36.0 Å². The van der Waals surface area contributed by atoms with E-state index in [4.69, 9.17) is 4.84 Å². The number of hydrogen-bond acceptors (Lipinski definition) is 6. The maximum absolute atomic E-state index is 13.3. The standard InChI is InChI=1S/C25H36N4O4/c1-17(30)23(28(3)33-25(32)21-5-4-20-6-11-26-22(20)16-21)24(31)29-14-9-19(10-15-29)18-7-12-27(2)13-8-18/h4-6,11,16-19,23,26,30H,7-10,12-15H2,1-3H3/t17-,23+/m0/s1. The van der Waals surface area contributed by atoms with Gasteiger partial charge in [0.15, 0.2) is 0 Å². The van der Waals surface area contributed by atoms with E-state index < -0.39 is 18.1 Å². The fraction of sp³-hybridized carbons (Fsp3) is 0.600. The monoisotopic (exact) mass is 456 g/mol. The minimum atomic E-state index is -0.979. The smallest absolute Gasteiger partial charge is 0.357 e. The van der Waals surface area contributed by atoms with E-state index in [1.165, 1.54) is 25.0 Å². The van der Waals surface area contributed by atoms with E-state index in [1.807, 2.05) is 23.2 Å². The zero-order chi connectivity index (χ0) is 23.5. The predicted molar refractivity (Wildman–Crippen MR) is 126 cm³/mol. The number of aromatic amines is 1. The van der Waals surface area contributed by atoms with Crippen LogP contribution >= 0.6 is 0 Å². The molecule has 8 nitrogen and oxygen atoms in total. The number of rotatable bonds is 6. The largest absolute Gasteiger partial charge is 0.391 e. The van der Waals surface area contributed by atoms with Gasteiger partial charge in [-0.1, -0.05) is 6.07 Å². The highest BCUT2D eigenvalue weighted by molar-refractivity contribution is 5.94. The van der Waals surface area contributed by atoms with Gasteiger partial charge in [0.1, 0.15) is 6.04 Å². The fourth-order valence-corrected chi connectivity index (χ4v) is 5.36. The Labute approximate surface area is 195 Å². The summed E-state index contributed by atoms with van der Waals surface area (Å²) in [5, 5.41) is 12.6. The van der Waals surface area contributed by atoms with E-state index in [2.05, 4.69) is 16.9 Å². The first kappa shape index (κ1) is 23.7. The molecular formula is C25H36N4O4. The number of aromatic nitrogens is 1. The second-order valence-corrected chi connectivity index (χ2v) is 9.69. The summed E-state index contributed by atoms with van der Waals surface area (Å²) >= 11 is 0. The number of piperidine rings is 2. The Bertz CT molecular complexity index is 958. The third-order valence-electron chi connectivity index (χ3n) is 7.40. The lowest BCUT2D eigenvalue weighted by Crippen LogP contribution is -2.54. The van der Waals surface area contributed by atoms with Crippen molar-refractivity contribution in [2.45, 2.75) is 44.8 Å². The highest BCUT2D eigenvalue weighted by Crippen LogP contribution is 2.32. The van der Waals surface area contributed by atoms with Crippen LogP contribution in [0.15, 0.2) is 30.5 Å². The van der Waals surface area contributed by atoms with Crippen molar-refractivity contribution < 1.29 is 19.5 Å². The third kappa shape index (κ3) is 5.39. The van der Waals surface area contributed by atoms with E-state index in [0.29, 0.717) is 24.6 Å². The van der Waals surface area contributed by atoms with E-state index >= 15 is 0 Å². The quantitative estimate of drug-likeness (QED) is 0.650. The molecule has 2 aromatic rings. The van der Waals surface area contributed by atoms with Gasteiger partial charge in [0.05, 0.1) is 11.7 Å². The van der Waals surface area contributed by atoms with Gasteiger partial charge < -0.3 is 24.7 Å². The molecule has 0 spiro atoms. The Morgan fingerprint density at radius 2 is 1.73 bits per heavy atom. The molecule has 0 saturated carbocycles. The van der Waals surface area contributed by atoms with Crippen LogP contribution in [0.25, 0.3) is 10.9 Å². The number of carbonyl (C=O) groups is 2. The Morgan fingerprint density at radius 1 is 1.09 bits per heavy atom. The number of benzene rings is 1. The van der Waals surface area contributed by atoms with Crippen molar-refractivity contribution in [3.63, 3.8) is 0 Å². The molecule has 2 aliphatic rings. The summed E-state index contributed by atoms with van der Waals surface area (Å²) in [7, 11) is 3.71. The van der Waals surface area contributed by atoms with Crippen LogP contribution in [0.3, 0.4) is 0 Å². The van der Waals surface area contributed by atoms with Gasteiger partial charge in [-0.05, 0) is 88.2 Å². The molecule has 3 heterocycles. The number of fused-ring (bicyclic) bond motifs is 1. The lowest BCUT2D eigenvalue weighted by molar-refractivity contribution is -0.171. The number of aliphatic hydroxyl groups is 1. The lowest BCUT2D eigenvalue weighted by atomic mass is 9.79. The summed E-state index contributed by atoms with van der Waals surface area (Å²) in [6.45, 7) is 5.24. The molecule has 2 aliphatic heterocycles. The first-order valence-electron chi connectivity index (χ1n) is 12.0. The van der Waals surface area contributed by atoms with Crippen molar-refractivity contribution >= 4 is 22.8 Å². The van der Waals surface area contributed by atoms with Crippen LogP contribution in [0.2, 0.25) is 0 Å². The molecule has 1 aromatic heterocycles. The summed E-state index contributed by atoms with van der Waals surface area (Å²) < 4.78 is 0. The van der Waals surface area contributed by atoms with Crippen molar-refractivity contribution in [1.82, 2.24) is 19.8 Å². The molecule has 180 valence electrons. The molecule has 1 aromatic carbocycles. The zero-order valence-electron chi connectivity index (χ0n) is 19.9. The Hall–Kier alpha value is -2.42. The highest BCUT2D eigenvalue weighted by atomic mass is 16.7. The number of nitrogens with zero attached hydrogens (tertiary/aromatic N) is 3. The fourth-order valence-electron chi connectivity index (χ4n) is 5.36. The SMILES string of the molecule is C[C@H](O)[C@H](C(=O)N1CCC(C2CCN(C)CC2)CC1)N(C)OC(=O)c1ccc2cc[nH]c2c1. The Morgan fingerprint density at radius 3 is 2.36 bits per heavy atom. The molecule has 0 unspecified atom stereocenters. The number of amides is 1. The van der Waals surface area contributed by atoms with Crippen molar-refractivity contribution in [3.8, 4) is 0 Å². The van der Waals surface area contributed by atoms with Crippen LogP contribution in [-0.4, -0.2) is 89.3 Å². The number of likely N-dealkylation sites (N-methyl/N-ethyl adjacent to an activating group) is 1. The summed E-state index contributed by atoms with van der Waals surface area (Å²) in [5.74, 6) is 0.647. The molecule has 2 N–H and O–H groups in total. The minimum Gasteiger partial charge on any atom is -0.391 e. The first-order chi connectivity index (χ1) is 15.8. The molecule has 0 bridgehead atoms. The third-order valence-corrected chi connectivity index (χ3v) is 7.40. The first-order valence-corrected chi connectivity index (χ1v) is 12.0. The number of hydrogen-bond donors (Lipinski definition) is 2. The topological polar surface area (TPSA) is 89.1 Å². The Balaban J connectivity index is 1.35. The maximum atomic E-state index is 13.3. The van der Waals surface area contributed by atoms with Crippen molar-refractivity contribution in [2.75, 3.05) is 40.3 Å². The van der Waals surface area contributed by atoms with E-state index in [-0.39, 0.29) is 5.91 Å². The van der Waals surface area contributed by atoms with Gasteiger partial charge >= 0.3 is 5.97 Å². The predicted octanol–water partition coefficient (Wildman–Crippen LogP) is 2.50. The summed E-state index contributed by atoms with van der Waals surface area (Å²) in [6, 6.07) is 6.24. The van der Waals surface area contributed by atoms with Gasteiger partial charge in [0.2, 0.25) is 5.91 Å². The Kier molecular flexibility index (Phi) is 7.36. The summed E-state index contributed by atoms with van der Waals surface area (Å²) in [5.41, 5.74) is 1.22. The van der Waals surface area contributed by atoms with Crippen LogP contribution in [-0.2, 0) is 9.63 Å². The molecule has 8 heteroatoms. The van der Waals surface area contributed by atoms with Crippen molar-refractivity contribution in [2.24, 2.45) is 11.8 Å². The van der Waals surface area contributed by atoms with E-state index in [1.54, 1.807) is 19.1 Å². The van der Waals surface area contributed by atoms with Gasteiger partial charge in [-0.25, -0.2) is 4.79 Å². The average Bonchev–Trinajstić information content (AvgIpc) is 3.27. The van der Waals surface area contributed by atoms with Gasteiger partial charge in [0.25, 0.3) is 0 Å². The second kappa shape index (κ2) is 10.2. The molecule has 1 amide bonds. The number of hydroxylamine groups is 2. The number of aliphatic hydroxyl groups excluding tert-OH is 1. The molecule has 4 rings (SSSR count). The van der Waals surface area contributed by atoms with Crippen LogP contribution < -0.4 is 0 Å². The molecule has 0 aliphatic carbocycles. The lowest BCUT2D eigenvalue weighted by Gasteiger charge is -2.41. The van der Waals surface area contributed by atoms with Gasteiger partial charge in [-0.3, -0.25) is 4.79 Å². The molecule has 2 saturated heterocycles. The summed E-state index contributed by atoms with van der Waals surface area (Å²) in [4.78, 5) is 38.8. The number of H-pyrrole nitrogens is 1. The average molecular weight is 457 g/mol. The van der Waals surface area contributed by atoms with Crippen LogP contribution in [0.5, 0.6) is 0 Å². The maximum Gasteiger partial charge on any atom is 0.357 e. The minimum absolute atomic E-state index is 0.193. The van der Waals surface area contributed by atoms with Gasteiger partial charge in [-0.15, -0.1) is 5.06 Å². The summed E-state index contributed by atoms with van der Waals surface area (Å²) in [6.07, 6.45) is 5.28. The van der Waals surface area contributed by atoms with Gasteiger partial charge in [-0.2, -0.15) is 0 Å². The molecule has 2 fully saturated rings. The molecule has 2 atom stereocenters. The normalized spacial score (nSPS) is 20.8. The molecule has 0 radical (unpaired) electrons. The van der Waals surface area contributed by atoms with Gasteiger partial charge in [0, 0.05) is 31.9 Å². The zero-order valence-corrected chi connectivity index (χ0v) is 19.9. The molecular weight excluding hydrogens is 420 g/mol. The van der Waals surface area contributed by atoms with E-state index in [0.717, 1.165) is 42.8 Å². The van der Waals surface area contributed by atoms with E-state index in [9.17, 15) is 14.7 Å².